The van der Waals surface area contributed by atoms with Crippen LogP contribution in [0.2, 0.25) is 0 Å². The van der Waals surface area contributed by atoms with Crippen molar-refractivity contribution < 1.29 is 18.7 Å². The smallest absolute Gasteiger partial charge is 0.257 e. The quantitative estimate of drug-likeness (QED) is 0.840. The number of rotatable bonds is 2. The van der Waals surface area contributed by atoms with Crippen molar-refractivity contribution in [1.82, 2.24) is 15.1 Å². The summed E-state index contributed by atoms with van der Waals surface area (Å²) in [6, 6.07) is 1.51. The van der Waals surface area contributed by atoms with Crippen molar-refractivity contribution >= 4 is 11.8 Å². The zero-order valence-electron chi connectivity index (χ0n) is 14.0. The summed E-state index contributed by atoms with van der Waals surface area (Å²) in [5, 5.41) is 2.65. The monoisotopic (exact) mass is 321 g/mol. The van der Waals surface area contributed by atoms with Gasteiger partial charge in [-0.05, 0) is 27.0 Å². The number of carbonyl (C=O) groups is 2. The van der Waals surface area contributed by atoms with Crippen LogP contribution >= 0.6 is 0 Å². The Hall–Kier alpha value is -1.86. The van der Waals surface area contributed by atoms with Crippen molar-refractivity contribution in [3.05, 3.63) is 23.2 Å². The molecule has 0 saturated carbocycles. The number of carbonyl (C=O) groups excluding carboxylic acids is 2. The van der Waals surface area contributed by atoms with Crippen LogP contribution in [0.4, 0.5) is 0 Å². The molecule has 0 unspecified atom stereocenters. The summed E-state index contributed by atoms with van der Waals surface area (Å²) < 4.78 is 11.4. The molecule has 1 aromatic heterocycles. The minimum absolute atomic E-state index is 0.0235. The highest BCUT2D eigenvalue weighted by Crippen LogP contribution is 2.32. The molecule has 1 N–H and O–H groups in total. The summed E-state index contributed by atoms with van der Waals surface area (Å²) in [4.78, 5) is 28.1. The normalized spacial score (nSPS) is 23.7. The predicted octanol–water partition coefficient (Wildman–Crippen LogP) is 0.168. The van der Waals surface area contributed by atoms with Crippen LogP contribution in [0.3, 0.4) is 0 Å². The zero-order chi connectivity index (χ0) is 16.8. The lowest BCUT2D eigenvalue weighted by molar-refractivity contribution is -0.187. The average molecular weight is 321 g/mol. The lowest BCUT2D eigenvalue weighted by atomic mass is 9.90. The molecule has 2 aliphatic rings. The highest BCUT2D eigenvalue weighted by Gasteiger charge is 2.51. The van der Waals surface area contributed by atoms with E-state index in [1.807, 2.05) is 18.9 Å². The summed E-state index contributed by atoms with van der Waals surface area (Å²) >= 11 is 0. The fourth-order valence-corrected chi connectivity index (χ4v) is 3.43. The molecule has 2 fully saturated rings. The van der Waals surface area contributed by atoms with Crippen LogP contribution in [0.1, 0.15) is 21.9 Å². The van der Waals surface area contributed by atoms with Gasteiger partial charge >= 0.3 is 0 Å². The number of nitrogens with one attached hydrogen (secondary N) is 1. The Bertz CT molecular complexity index is 633. The van der Waals surface area contributed by atoms with Gasteiger partial charge in [0.1, 0.15) is 23.2 Å². The third-order valence-corrected chi connectivity index (χ3v) is 4.68. The molecule has 0 radical (unpaired) electrons. The summed E-state index contributed by atoms with van der Waals surface area (Å²) in [6.07, 6.45) is 0. The van der Waals surface area contributed by atoms with E-state index in [4.69, 9.17) is 9.15 Å². The first-order chi connectivity index (χ1) is 10.8. The third-order valence-electron chi connectivity index (χ3n) is 4.68. The van der Waals surface area contributed by atoms with Gasteiger partial charge in [-0.25, -0.2) is 0 Å². The first-order valence-corrected chi connectivity index (χ1v) is 7.77. The molecule has 126 valence electrons. The van der Waals surface area contributed by atoms with Crippen molar-refractivity contribution in [1.29, 1.82) is 0 Å². The van der Waals surface area contributed by atoms with Crippen LogP contribution in [0.25, 0.3) is 0 Å². The van der Waals surface area contributed by atoms with Crippen LogP contribution in [0.5, 0.6) is 0 Å². The van der Waals surface area contributed by atoms with Crippen molar-refractivity contribution in [2.75, 3.05) is 40.3 Å². The molecule has 2 saturated heterocycles. The number of nitrogens with zero attached hydrogens (tertiary/aromatic N) is 2. The first kappa shape index (κ1) is 16.0. The Balaban J connectivity index is 1.62. The molecule has 1 aromatic rings. The Labute approximate surface area is 135 Å². The minimum Gasteiger partial charge on any atom is -0.466 e. The van der Waals surface area contributed by atoms with Crippen LogP contribution in [-0.2, 0) is 9.53 Å². The molecular weight excluding hydrogens is 298 g/mol. The number of likely N-dealkylation sites (N-methyl/N-ethyl adjacent to an activating group) is 2. The summed E-state index contributed by atoms with van der Waals surface area (Å²) in [6.45, 7) is 5.70. The maximum Gasteiger partial charge on any atom is 0.257 e. The number of furan rings is 1. The van der Waals surface area contributed by atoms with Gasteiger partial charge in [0.15, 0.2) is 0 Å². The standard InChI is InChI=1S/C16H23N3O4/c1-10-5-12(11(2)23-10)15(21)19-8-16(9-19)7-18(4)13(6-22-16)14(20)17-3/h5,13H,6-9H2,1-4H3,(H,17,20)/t13-/m1/s1. The van der Waals surface area contributed by atoms with Crippen molar-refractivity contribution in [2.45, 2.75) is 25.5 Å². The van der Waals surface area contributed by atoms with Crippen molar-refractivity contribution in [3.8, 4) is 0 Å². The molecule has 2 amide bonds. The summed E-state index contributed by atoms with van der Waals surface area (Å²) in [5.41, 5.74) is 0.256. The van der Waals surface area contributed by atoms with Crippen LogP contribution in [-0.4, -0.2) is 73.6 Å². The number of likely N-dealkylation sites (tertiary alicyclic amines) is 1. The van der Waals surface area contributed by atoms with E-state index in [2.05, 4.69) is 5.32 Å². The van der Waals surface area contributed by atoms with Gasteiger partial charge in [-0.2, -0.15) is 0 Å². The molecule has 0 bridgehead atoms. The van der Waals surface area contributed by atoms with Crippen molar-refractivity contribution in [3.63, 3.8) is 0 Å². The molecule has 2 aliphatic heterocycles. The Kier molecular flexibility index (Phi) is 3.93. The third kappa shape index (κ3) is 2.74. The topological polar surface area (TPSA) is 75.0 Å². The van der Waals surface area contributed by atoms with Gasteiger partial charge in [0.2, 0.25) is 5.91 Å². The average Bonchev–Trinajstić information content (AvgIpc) is 2.81. The minimum atomic E-state index is -0.360. The number of aryl methyl sites for hydroxylation is 2. The molecule has 0 aliphatic carbocycles. The zero-order valence-corrected chi connectivity index (χ0v) is 14.0. The molecule has 7 heteroatoms. The van der Waals surface area contributed by atoms with E-state index in [0.29, 0.717) is 37.6 Å². The maximum absolute atomic E-state index is 12.5. The van der Waals surface area contributed by atoms with Gasteiger partial charge in [0.05, 0.1) is 25.3 Å². The molecule has 7 nitrogen and oxygen atoms in total. The molecule has 0 aromatic carbocycles. The Morgan fingerprint density at radius 3 is 2.52 bits per heavy atom. The van der Waals surface area contributed by atoms with Gasteiger partial charge < -0.3 is 19.4 Å². The van der Waals surface area contributed by atoms with Gasteiger partial charge in [0.25, 0.3) is 5.91 Å². The van der Waals surface area contributed by atoms with E-state index in [0.717, 1.165) is 5.76 Å². The van der Waals surface area contributed by atoms with E-state index in [9.17, 15) is 9.59 Å². The van der Waals surface area contributed by atoms with E-state index < -0.39 is 0 Å². The van der Waals surface area contributed by atoms with Gasteiger partial charge in [-0.1, -0.05) is 0 Å². The Morgan fingerprint density at radius 2 is 2.00 bits per heavy atom. The lowest BCUT2D eigenvalue weighted by Gasteiger charge is -2.54. The van der Waals surface area contributed by atoms with E-state index >= 15 is 0 Å². The summed E-state index contributed by atoms with van der Waals surface area (Å²) in [7, 11) is 3.54. The summed E-state index contributed by atoms with van der Waals surface area (Å²) in [5.74, 6) is 1.32. The van der Waals surface area contributed by atoms with Crippen LogP contribution in [0, 0.1) is 13.8 Å². The Morgan fingerprint density at radius 1 is 1.30 bits per heavy atom. The highest BCUT2D eigenvalue weighted by molar-refractivity contribution is 5.96. The number of hydrogen-bond donors (Lipinski definition) is 1. The number of hydrogen-bond acceptors (Lipinski definition) is 5. The SMILES string of the molecule is CNC(=O)[C@H]1COC2(CN(C(=O)c3cc(C)oc3C)C2)CN1C. The van der Waals surface area contributed by atoms with Crippen LogP contribution < -0.4 is 5.32 Å². The first-order valence-electron chi connectivity index (χ1n) is 7.77. The number of morpholine rings is 1. The van der Waals surface area contributed by atoms with Crippen LogP contribution in [0.15, 0.2) is 10.5 Å². The van der Waals surface area contributed by atoms with E-state index in [-0.39, 0.29) is 23.5 Å². The molecule has 1 atom stereocenters. The number of amides is 2. The molecule has 3 rings (SSSR count). The van der Waals surface area contributed by atoms with E-state index in [1.54, 1.807) is 24.9 Å². The van der Waals surface area contributed by atoms with Gasteiger partial charge in [0, 0.05) is 13.6 Å². The van der Waals surface area contributed by atoms with Crippen molar-refractivity contribution in [2.24, 2.45) is 0 Å². The largest absolute Gasteiger partial charge is 0.466 e. The molecule has 3 heterocycles. The molecular formula is C16H23N3O4. The van der Waals surface area contributed by atoms with E-state index in [1.165, 1.54) is 0 Å². The second-order valence-electron chi connectivity index (χ2n) is 6.53. The predicted molar refractivity (Wildman–Crippen MR) is 83.3 cm³/mol. The van der Waals surface area contributed by atoms with Gasteiger partial charge in [-0.15, -0.1) is 0 Å². The molecule has 23 heavy (non-hydrogen) atoms. The maximum atomic E-state index is 12.5. The number of ether oxygens (including phenoxy) is 1. The highest BCUT2D eigenvalue weighted by atomic mass is 16.5. The fourth-order valence-electron chi connectivity index (χ4n) is 3.43. The fraction of sp³-hybridized carbons (Fsp3) is 0.625. The second-order valence-corrected chi connectivity index (χ2v) is 6.53. The second kappa shape index (κ2) is 5.65. The lowest BCUT2D eigenvalue weighted by Crippen LogP contribution is -2.73. The van der Waals surface area contributed by atoms with Gasteiger partial charge in [-0.3, -0.25) is 14.5 Å². The molecule has 1 spiro atoms.